The number of esters is 1. The van der Waals surface area contributed by atoms with Crippen LogP contribution in [0.4, 0.5) is 0 Å². The Balaban J connectivity index is 2.49. The number of hydrogen-bond donors (Lipinski definition) is 0. The molecule has 2 rings (SSSR count). The lowest BCUT2D eigenvalue weighted by Gasteiger charge is -2.05. The van der Waals surface area contributed by atoms with E-state index in [0.717, 1.165) is 17.0 Å². The maximum absolute atomic E-state index is 11.5. The number of carbonyl (C=O) groups is 1. The highest BCUT2D eigenvalue weighted by molar-refractivity contribution is 5.90. The fraction of sp³-hybridized carbons (Fsp3) is 0.143. The first-order valence-electron chi connectivity index (χ1n) is 5.33. The second-order valence-corrected chi connectivity index (χ2v) is 3.74. The second kappa shape index (κ2) is 4.78. The van der Waals surface area contributed by atoms with Gasteiger partial charge in [-0.2, -0.15) is 0 Å². The molecule has 0 aliphatic rings. The van der Waals surface area contributed by atoms with Crippen molar-refractivity contribution >= 4 is 5.97 Å². The van der Waals surface area contributed by atoms with Crippen LogP contribution in [-0.4, -0.2) is 18.1 Å². The van der Waals surface area contributed by atoms with Crippen molar-refractivity contribution in [2.45, 2.75) is 6.92 Å². The van der Waals surface area contributed by atoms with Crippen LogP contribution in [-0.2, 0) is 4.74 Å². The number of benzene rings is 1. The first kappa shape index (κ1) is 11.3. The molecule has 0 radical (unpaired) electrons. The van der Waals surface area contributed by atoms with E-state index in [0.29, 0.717) is 5.56 Å². The first-order valence-corrected chi connectivity index (χ1v) is 5.33. The summed E-state index contributed by atoms with van der Waals surface area (Å²) in [6.45, 7) is 1.86. The molecule has 1 aromatic carbocycles. The zero-order chi connectivity index (χ0) is 12.3. The van der Waals surface area contributed by atoms with Gasteiger partial charge in [0.1, 0.15) is 0 Å². The van der Waals surface area contributed by atoms with Gasteiger partial charge in [0, 0.05) is 11.3 Å². The number of carbonyl (C=O) groups excluding carboxylic acids is 1. The summed E-state index contributed by atoms with van der Waals surface area (Å²) in [6.07, 6.45) is 0. The fourth-order valence-electron chi connectivity index (χ4n) is 1.66. The predicted molar refractivity (Wildman–Crippen MR) is 65.7 cm³/mol. The van der Waals surface area contributed by atoms with E-state index in [1.54, 1.807) is 12.1 Å². The largest absolute Gasteiger partial charge is 0.465 e. The van der Waals surface area contributed by atoms with Crippen LogP contribution in [0.3, 0.4) is 0 Å². The lowest BCUT2D eigenvalue weighted by atomic mass is 10.1. The molecule has 0 N–H and O–H groups in total. The molecule has 0 saturated heterocycles. The standard InChI is InChI=1S/C14H13NO2/c1-10-8-12(14(16)17-2)9-13(15-10)11-6-4-3-5-7-11/h3-9H,1-2H3. The van der Waals surface area contributed by atoms with Crippen molar-refractivity contribution < 1.29 is 9.53 Å². The Morgan fingerprint density at radius 3 is 2.53 bits per heavy atom. The third-order valence-electron chi connectivity index (χ3n) is 2.44. The average Bonchev–Trinajstić information content (AvgIpc) is 2.38. The molecule has 3 heteroatoms. The Morgan fingerprint density at radius 1 is 1.18 bits per heavy atom. The van der Waals surface area contributed by atoms with E-state index in [1.807, 2.05) is 37.3 Å². The summed E-state index contributed by atoms with van der Waals surface area (Å²) in [5.41, 5.74) is 3.10. The van der Waals surface area contributed by atoms with Crippen molar-refractivity contribution in [3.05, 3.63) is 53.7 Å². The van der Waals surface area contributed by atoms with Gasteiger partial charge < -0.3 is 4.74 Å². The van der Waals surface area contributed by atoms with Crippen LogP contribution in [0.1, 0.15) is 16.1 Å². The Kier molecular flexibility index (Phi) is 3.19. The van der Waals surface area contributed by atoms with Crippen LogP contribution < -0.4 is 0 Å². The van der Waals surface area contributed by atoms with Crippen molar-refractivity contribution in [2.75, 3.05) is 7.11 Å². The zero-order valence-corrected chi connectivity index (χ0v) is 9.81. The topological polar surface area (TPSA) is 39.2 Å². The number of rotatable bonds is 2. The van der Waals surface area contributed by atoms with Crippen LogP contribution >= 0.6 is 0 Å². The number of pyridine rings is 1. The van der Waals surface area contributed by atoms with E-state index in [2.05, 4.69) is 4.98 Å². The van der Waals surface area contributed by atoms with Gasteiger partial charge in [-0.15, -0.1) is 0 Å². The summed E-state index contributed by atoms with van der Waals surface area (Å²) in [6, 6.07) is 13.2. The van der Waals surface area contributed by atoms with Crippen LogP contribution in [0.2, 0.25) is 0 Å². The van der Waals surface area contributed by atoms with Gasteiger partial charge >= 0.3 is 5.97 Å². The lowest BCUT2D eigenvalue weighted by Crippen LogP contribution is -2.03. The molecule has 86 valence electrons. The summed E-state index contributed by atoms with van der Waals surface area (Å²) in [5.74, 6) is -0.340. The molecule has 3 nitrogen and oxygen atoms in total. The van der Waals surface area contributed by atoms with Gasteiger partial charge in [0.15, 0.2) is 0 Å². The van der Waals surface area contributed by atoms with Gasteiger partial charge in [-0.3, -0.25) is 4.98 Å². The van der Waals surface area contributed by atoms with Gasteiger partial charge in [0.2, 0.25) is 0 Å². The Hall–Kier alpha value is -2.16. The normalized spacial score (nSPS) is 10.0. The average molecular weight is 227 g/mol. The fourth-order valence-corrected chi connectivity index (χ4v) is 1.66. The summed E-state index contributed by atoms with van der Waals surface area (Å²) >= 11 is 0. The molecule has 0 amide bonds. The molecule has 0 bridgehead atoms. The lowest BCUT2D eigenvalue weighted by molar-refractivity contribution is 0.0600. The van der Waals surface area contributed by atoms with Crippen molar-refractivity contribution in [2.24, 2.45) is 0 Å². The van der Waals surface area contributed by atoms with E-state index in [-0.39, 0.29) is 5.97 Å². The second-order valence-electron chi connectivity index (χ2n) is 3.74. The number of nitrogens with zero attached hydrogens (tertiary/aromatic N) is 1. The van der Waals surface area contributed by atoms with E-state index in [9.17, 15) is 4.79 Å². The molecule has 0 aliphatic carbocycles. The zero-order valence-electron chi connectivity index (χ0n) is 9.81. The van der Waals surface area contributed by atoms with Crippen molar-refractivity contribution in [3.63, 3.8) is 0 Å². The minimum atomic E-state index is -0.340. The third kappa shape index (κ3) is 2.50. The summed E-state index contributed by atoms with van der Waals surface area (Å²) in [4.78, 5) is 15.9. The molecular formula is C14H13NO2. The molecule has 0 aliphatic heterocycles. The molecule has 0 fully saturated rings. The number of aryl methyl sites for hydroxylation is 1. The van der Waals surface area contributed by atoms with E-state index in [1.165, 1.54) is 7.11 Å². The molecule has 1 aromatic heterocycles. The Morgan fingerprint density at radius 2 is 1.88 bits per heavy atom. The molecule has 0 atom stereocenters. The number of aromatic nitrogens is 1. The SMILES string of the molecule is COC(=O)c1cc(C)nc(-c2ccccc2)c1. The third-order valence-corrected chi connectivity index (χ3v) is 2.44. The number of methoxy groups -OCH3 is 1. The van der Waals surface area contributed by atoms with Gasteiger partial charge in [-0.1, -0.05) is 30.3 Å². The highest BCUT2D eigenvalue weighted by atomic mass is 16.5. The summed E-state index contributed by atoms with van der Waals surface area (Å²) < 4.78 is 4.72. The van der Waals surface area contributed by atoms with Crippen molar-refractivity contribution in [1.29, 1.82) is 0 Å². The van der Waals surface area contributed by atoms with E-state index >= 15 is 0 Å². The van der Waals surface area contributed by atoms with Crippen LogP contribution in [0.25, 0.3) is 11.3 Å². The summed E-state index contributed by atoms with van der Waals surface area (Å²) in [5, 5.41) is 0. The minimum absolute atomic E-state index is 0.340. The van der Waals surface area contributed by atoms with E-state index in [4.69, 9.17) is 4.74 Å². The van der Waals surface area contributed by atoms with E-state index < -0.39 is 0 Å². The maximum atomic E-state index is 11.5. The molecular weight excluding hydrogens is 214 g/mol. The van der Waals surface area contributed by atoms with Crippen LogP contribution in [0.15, 0.2) is 42.5 Å². The molecule has 1 heterocycles. The molecule has 2 aromatic rings. The molecule has 0 saturated carbocycles. The minimum Gasteiger partial charge on any atom is -0.465 e. The van der Waals surface area contributed by atoms with Gasteiger partial charge in [0.05, 0.1) is 18.4 Å². The summed E-state index contributed by atoms with van der Waals surface area (Å²) in [7, 11) is 1.38. The maximum Gasteiger partial charge on any atom is 0.337 e. The first-order chi connectivity index (χ1) is 8.20. The van der Waals surface area contributed by atoms with Crippen molar-refractivity contribution in [3.8, 4) is 11.3 Å². The highest BCUT2D eigenvalue weighted by Crippen LogP contribution is 2.19. The Labute approximate surface area is 100 Å². The molecule has 0 spiro atoms. The van der Waals surface area contributed by atoms with Gasteiger partial charge in [0.25, 0.3) is 0 Å². The van der Waals surface area contributed by atoms with Gasteiger partial charge in [-0.05, 0) is 19.1 Å². The van der Waals surface area contributed by atoms with Crippen molar-refractivity contribution in [1.82, 2.24) is 4.98 Å². The van der Waals surface area contributed by atoms with Crippen LogP contribution in [0, 0.1) is 6.92 Å². The van der Waals surface area contributed by atoms with Crippen LogP contribution in [0.5, 0.6) is 0 Å². The highest BCUT2D eigenvalue weighted by Gasteiger charge is 2.09. The monoisotopic (exact) mass is 227 g/mol. The molecule has 17 heavy (non-hydrogen) atoms. The quantitative estimate of drug-likeness (QED) is 0.740. The number of hydrogen-bond acceptors (Lipinski definition) is 3. The smallest absolute Gasteiger partial charge is 0.337 e. The molecule has 0 unspecified atom stereocenters. The van der Waals surface area contributed by atoms with Gasteiger partial charge in [-0.25, -0.2) is 4.79 Å². The predicted octanol–water partition coefficient (Wildman–Crippen LogP) is 2.84. The number of ether oxygens (including phenoxy) is 1. The Bertz CT molecular complexity index is 535.